The Morgan fingerprint density at radius 1 is 0.519 bits per heavy atom. The first-order valence-corrected chi connectivity index (χ1v) is 18.1. The normalized spacial score (nSPS) is 11.9. The van der Waals surface area contributed by atoms with Crippen molar-refractivity contribution in [3.05, 3.63) is 206 Å². The number of nitrogens with zero attached hydrogens (tertiary/aromatic N) is 4. The topological polar surface area (TPSA) is 43.6 Å². The molecule has 0 aliphatic heterocycles. The smallest absolute Gasteiger partial charge is 0.164 e. The highest BCUT2D eigenvalue weighted by atomic mass is 15.0. The monoisotopic (exact) mass is 692 g/mol. The fourth-order valence-electron chi connectivity index (χ4n) is 7.35. The van der Waals surface area contributed by atoms with Crippen molar-refractivity contribution in [2.24, 2.45) is 0 Å². The van der Waals surface area contributed by atoms with Gasteiger partial charge in [0.15, 0.2) is 17.5 Å². The third kappa shape index (κ3) is 6.10. The molecule has 0 atom stereocenters. The summed E-state index contributed by atoms with van der Waals surface area (Å²) in [6.45, 7) is 6.55. The number of fused-ring (bicyclic) bond motifs is 4. The largest absolute Gasteiger partial charge is 0.309 e. The van der Waals surface area contributed by atoms with E-state index in [2.05, 4.69) is 133 Å². The molecule has 4 heteroatoms. The second-order valence-electron chi connectivity index (χ2n) is 13.4. The molecule has 9 rings (SSSR count). The van der Waals surface area contributed by atoms with Crippen LogP contribution in [0.1, 0.15) is 18.3 Å². The number of allylic oxidation sites excluding steroid dienone is 5. The second kappa shape index (κ2) is 14.1. The summed E-state index contributed by atoms with van der Waals surface area (Å²) in [5.74, 6) is 1.77. The molecule has 0 aliphatic rings. The summed E-state index contributed by atoms with van der Waals surface area (Å²) < 4.78 is 2.36. The average Bonchev–Trinajstić information content (AvgIpc) is 3.58. The molecular weight excluding hydrogens is 657 g/mol. The Hall–Kier alpha value is -7.17. The van der Waals surface area contributed by atoms with Gasteiger partial charge in [0.25, 0.3) is 0 Å². The SMILES string of the molecule is C=C(/C=C\C=C(/C)c1c(-c2ccc(-n3c4ccccc4c4ccccc43)cc2)ccc2ccccc12)c1nc(-c2ccccc2)nc(-c2ccccc2)n1. The minimum absolute atomic E-state index is 0.541. The Kier molecular flexibility index (Phi) is 8.54. The summed E-state index contributed by atoms with van der Waals surface area (Å²) in [4.78, 5) is 14.5. The van der Waals surface area contributed by atoms with Crippen LogP contribution in [0.3, 0.4) is 0 Å². The average molecular weight is 693 g/mol. The van der Waals surface area contributed by atoms with Crippen molar-refractivity contribution >= 4 is 43.7 Å². The van der Waals surface area contributed by atoms with Gasteiger partial charge in [-0.1, -0.05) is 170 Å². The van der Waals surface area contributed by atoms with Crippen molar-refractivity contribution in [1.29, 1.82) is 0 Å². The fraction of sp³-hybridized carbons (Fsp3) is 0.0200. The van der Waals surface area contributed by atoms with Gasteiger partial charge in [-0.3, -0.25) is 0 Å². The lowest BCUT2D eigenvalue weighted by atomic mass is 9.90. The van der Waals surface area contributed by atoms with Gasteiger partial charge in [0.1, 0.15) is 0 Å². The maximum absolute atomic E-state index is 4.84. The van der Waals surface area contributed by atoms with Crippen molar-refractivity contribution in [3.63, 3.8) is 0 Å². The molecule has 0 amide bonds. The number of benzene rings is 7. The van der Waals surface area contributed by atoms with Gasteiger partial charge < -0.3 is 4.57 Å². The maximum atomic E-state index is 4.84. The zero-order valence-electron chi connectivity index (χ0n) is 29.9. The van der Waals surface area contributed by atoms with Gasteiger partial charge in [-0.2, -0.15) is 0 Å². The Balaban J connectivity index is 1.07. The van der Waals surface area contributed by atoms with E-state index in [-0.39, 0.29) is 0 Å². The van der Waals surface area contributed by atoms with E-state index in [0.717, 1.165) is 28.0 Å². The molecule has 9 aromatic rings. The van der Waals surface area contributed by atoms with Gasteiger partial charge in [0, 0.05) is 33.2 Å². The molecule has 0 fully saturated rings. The van der Waals surface area contributed by atoms with Gasteiger partial charge in [0.2, 0.25) is 0 Å². The van der Waals surface area contributed by atoms with E-state index in [1.54, 1.807) is 0 Å². The Morgan fingerprint density at radius 2 is 1.06 bits per heavy atom. The van der Waals surface area contributed by atoms with Crippen molar-refractivity contribution in [3.8, 4) is 39.6 Å². The van der Waals surface area contributed by atoms with E-state index in [9.17, 15) is 0 Å². The summed E-state index contributed by atoms with van der Waals surface area (Å²) in [5, 5.41) is 4.93. The van der Waals surface area contributed by atoms with Crippen molar-refractivity contribution in [1.82, 2.24) is 19.5 Å². The second-order valence-corrected chi connectivity index (χ2v) is 13.4. The summed E-state index contributed by atoms with van der Waals surface area (Å²) in [6, 6.07) is 59.3. The maximum Gasteiger partial charge on any atom is 0.164 e. The van der Waals surface area contributed by atoms with Crippen LogP contribution in [0.2, 0.25) is 0 Å². The molecule has 0 aliphatic carbocycles. The highest BCUT2D eigenvalue weighted by Crippen LogP contribution is 2.37. The lowest BCUT2D eigenvalue weighted by Crippen LogP contribution is -2.01. The summed E-state index contributed by atoms with van der Waals surface area (Å²) in [6.07, 6.45) is 6.18. The van der Waals surface area contributed by atoms with Crippen LogP contribution in [0.4, 0.5) is 0 Å². The number of para-hydroxylation sites is 2. The molecule has 7 aromatic carbocycles. The molecular formula is C50H36N4. The number of hydrogen-bond acceptors (Lipinski definition) is 3. The predicted octanol–water partition coefficient (Wildman–Crippen LogP) is 12.8. The molecule has 0 bridgehead atoms. The molecule has 2 aromatic heterocycles. The Labute approximate surface area is 314 Å². The van der Waals surface area contributed by atoms with Crippen LogP contribution in [-0.4, -0.2) is 19.5 Å². The van der Waals surface area contributed by atoms with Crippen LogP contribution < -0.4 is 0 Å². The molecule has 0 spiro atoms. The zero-order valence-corrected chi connectivity index (χ0v) is 29.9. The first-order chi connectivity index (χ1) is 26.6. The van der Waals surface area contributed by atoms with Crippen molar-refractivity contribution in [2.45, 2.75) is 6.92 Å². The molecule has 0 saturated carbocycles. The van der Waals surface area contributed by atoms with E-state index in [0.29, 0.717) is 23.0 Å². The Bertz CT molecular complexity index is 2770. The minimum atomic E-state index is 0.541. The fourth-order valence-corrected chi connectivity index (χ4v) is 7.35. The first-order valence-electron chi connectivity index (χ1n) is 18.1. The molecule has 54 heavy (non-hydrogen) atoms. The van der Waals surface area contributed by atoms with Gasteiger partial charge in [-0.25, -0.2) is 15.0 Å². The van der Waals surface area contributed by atoms with Crippen LogP contribution >= 0.6 is 0 Å². The summed E-state index contributed by atoms with van der Waals surface area (Å²) in [5.41, 5.74) is 10.8. The van der Waals surface area contributed by atoms with Crippen LogP contribution in [0.25, 0.3) is 83.3 Å². The standard InChI is InChI=1S/C50H36N4/c1-34(16-15-17-35(2)48-51-49(38-19-5-3-6-20-38)53-50(52-48)39-21-7-4-8-22-39)47-41-23-10-9-18-36(41)30-33-42(47)37-28-31-40(32-29-37)54-45-26-13-11-24-43(45)44-25-12-14-27-46(44)54/h3-33H,2H2,1H3/b17-15-,34-16+. The molecule has 0 radical (unpaired) electrons. The van der Waals surface area contributed by atoms with Gasteiger partial charge >= 0.3 is 0 Å². The van der Waals surface area contributed by atoms with E-state index >= 15 is 0 Å². The van der Waals surface area contributed by atoms with Crippen molar-refractivity contribution in [2.75, 3.05) is 0 Å². The van der Waals surface area contributed by atoms with E-state index in [4.69, 9.17) is 15.0 Å². The number of rotatable bonds is 8. The molecule has 0 saturated heterocycles. The highest BCUT2D eigenvalue weighted by molar-refractivity contribution is 6.09. The Morgan fingerprint density at radius 3 is 1.67 bits per heavy atom. The van der Waals surface area contributed by atoms with Crippen LogP contribution in [0.5, 0.6) is 0 Å². The third-order valence-electron chi connectivity index (χ3n) is 9.97. The lowest BCUT2D eigenvalue weighted by molar-refractivity contribution is 1.04. The number of hydrogen-bond donors (Lipinski definition) is 0. The highest BCUT2D eigenvalue weighted by Gasteiger charge is 2.15. The predicted molar refractivity (Wildman–Crippen MR) is 226 cm³/mol. The van der Waals surface area contributed by atoms with Gasteiger partial charge in [-0.05, 0) is 64.2 Å². The molecule has 0 N–H and O–H groups in total. The van der Waals surface area contributed by atoms with Crippen LogP contribution in [0.15, 0.2) is 195 Å². The molecule has 256 valence electrons. The quantitative estimate of drug-likeness (QED) is 0.149. The molecule has 2 heterocycles. The van der Waals surface area contributed by atoms with Crippen molar-refractivity contribution < 1.29 is 0 Å². The van der Waals surface area contributed by atoms with E-state index in [1.807, 2.05) is 72.8 Å². The lowest BCUT2D eigenvalue weighted by Gasteiger charge is -2.15. The van der Waals surface area contributed by atoms with Gasteiger partial charge in [0.05, 0.1) is 11.0 Å². The van der Waals surface area contributed by atoms with Crippen LogP contribution in [-0.2, 0) is 0 Å². The molecule has 4 nitrogen and oxygen atoms in total. The first kappa shape index (κ1) is 32.7. The van der Waals surface area contributed by atoms with Gasteiger partial charge in [-0.15, -0.1) is 0 Å². The summed E-state index contributed by atoms with van der Waals surface area (Å²) in [7, 11) is 0. The third-order valence-corrected chi connectivity index (χ3v) is 9.97. The number of aromatic nitrogens is 4. The van der Waals surface area contributed by atoms with Crippen LogP contribution in [0, 0.1) is 0 Å². The summed E-state index contributed by atoms with van der Waals surface area (Å²) >= 11 is 0. The zero-order chi connectivity index (χ0) is 36.4. The molecule has 0 unspecified atom stereocenters. The van der Waals surface area contributed by atoms with E-state index < -0.39 is 0 Å². The minimum Gasteiger partial charge on any atom is -0.309 e. The van der Waals surface area contributed by atoms with E-state index in [1.165, 1.54) is 43.7 Å².